The lowest BCUT2D eigenvalue weighted by Gasteiger charge is -2.36. The van der Waals surface area contributed by atoms with Gasteiger partial charge < -0.3 is 10.7 Å². The maximum Gasteiger partial charge on any atom is 0.251 e. The van der Waals surface area contributed by atoms with Gasteiger partial charge in [0.2, 0.25) is 0 Å². The Morgan fingerprint density at radius 3 is 2.50 bits per heavy atom. The monoisotopic (exact) mass is 277 g/mol. The second-order valence-corrected chi connectivity index (χ2v) is 7.08. The highest BCUT2D eigenvalue weighted by atomic mass is 16.1. The Morgan fingerprint density at radius 1 is 1.30 bits per heavy atom. The Kier molecular flexibility index (Phi) is 4.63. The second kappa shape index (κ2) is 6.08. The summed E-state index contributed by atoms with van der Waals surface area (Å²) in [6.07, 6.45) is 5.36. The summed E-state index contributed by atoms with van der Waals surface area (Å²) < 4.78 is 0. The standard InChI is InChI=1S/C16H27N3O/c1-16(2,3)12-6-4-11(5-7-12)15-18-13(8-9-17)10-14(20)19-15/h10-12H,4-9,17H2,1-3H3,(H,18,19,20). The van der Waals surface area contributed by atoms with Crippen LogP contribution in [0.2, 0.25) is 0 Å². The minimum atomic E-state index is -0.0450. The number of H-pyrrole nitrogens is 1. The van der Waals surface area contributed by atoms with Crippen molar-refractivity contribution < 1.29 is 0 Å². The Morgan fingerprint density at radius 2 is 1.95 bits per heavy atom. The average Bonchev–Trinajstić information content (AvgIpc) is 2.37. The highest BCUT2D eigenvalue weighted by molar-refractivity contribution is 5.07. The molecule has 112 valence electrons. The lowest BCUT2D eigenvalue weighted by molar-refractivity contribution is 0.167. The van der Waals surface area contributed by atoms with Gasteiger partial charge in [-0.3, -0.25) is 4.79 Å². The van der Waals surface area contributed by atoms with Crippen LogP contribution >= 0.6 is 0 Å². The lowest BCUT2D eigenvalue weighted by atomic mass is 9.69. The number of nitrogens with two attached hydrogens (primary N) is 1. The molecule has 1 saturated carbocycles. The SMILES string of the molecule is CC(C)(C)C1CCC(c2nc(CCN)cc(=O)[nH]2)CC1. The van der Waals surface area contributed by atoms with E-state index in [1.54, 1.807) is 6.07 Å². The van der Waals surface area contributed by atoms with E-state index < -0.39 is 0 Å². The van der Waals surface area contributed by atoms with Crippen molar-refractivity contribution in [2.45, 2.75) is 58.8 Å². The van der Waals surface area contributed by atoms with Crippen LogP contribution in [-0.2, 0) is 6.42 Å². The van der Waals surface area contributed by atoms with E-state index in [1.807, 2.05) is 0 Å². The minimum absolute atomic E-state index is 0.0450. The second-order valence-electron chi connectivity index (χ2n) is 7.08. The van der Waals surface area contributed by atoms with Crippen LogP contribution < -0.4 is 11.3 Å². The molecule has 1 aliphatic rings. The van der Waals surface area contributed by atoms with Crippen molar-refractivity contribution in [3.05, 3.63) is 27.9 Å². The summed E-state index contributed by atoms with van der Waals surface area (Å²) >= 11 is 0. The van der Waals surface area contributed by atoms with Gasteiger partial charge in [0, 0.05) is 24.1 Å². The fourth-order valence-corrected chi connectivity index (χ4v) is 3.23. The highest BCUT2D eigenvalue weighted by Crippen LogP contribution is 2.42. The van der Waals surface area contributed by atoms with Gasteiger partial charge in [0.15, 0.2) is 0 Å². The van der Waals surface area contributed by atoms with Gasteiger partial charge in [-0.2, -0.15) is 0 Å². The van der Waals surface area contributed by atoms with E-state index in [9.17, 15) is 4.79 Å². The quantitative estimate of drug-likeness (QED) is 0.892. The minimum Gasteiger partial charge on any atom is -0.330 e. The molecular formula is C16H27N3O. The zero-order valence-electron chi connectivity index (χ0n) is 12.9. The molecule has 0 spiro atoms. The Hall–Kier alpha value is -1.16. The molecular weight excluding hydrogens is 250 g/mol. The molecule has 1 aliphatic carbocycles. The van der Waals surface area contributed by atoms with Crippen LogP contribution in [-0.4, -0.2) is 16.5 Å². The van der Waals surface area contributed by atoms with Gasteiger partial charge in [-0.25, -0.2) is 4.98 Å². The Balaban J connectivity index is 2.09. The Labute approximate surface area is 121 Å². The number of aromatic nitrogens is 2. The Bertz CT molecular complexity index is 493. The molecule has 4 nitrogen and oxygen atoms in total. The molecule has 1 heterocycles. The van der Waals surface area contributed by atoms with Crippen molar-refractivity contribution in [2.24, 2.45) is 17.1 Å². The molecule has 0 aliphatic heterocycles. The van der Waals surface area contributed by atoms with Crippen molar-refractivity contribution in [3.63, 3.8) is 0 Å². The molecule has 0 amide bonds. The molecule has 0 atom stereocenters. The summed E-state index contributed by atoms with van der Waals surface area (Å²) in [6.45, 7) is 7.49. The van der Waals surface area contributed by atoms with Crippen LogP contribution in [0.3, 0.4) is 0 Å². The predicted molar refractivity (Wildman–Crippen MR) is 81.8 cm³/mol. The lowest BCUT2D eigenvalue weighted by Crippen LogP contribution is -2.27. The number of rotatable bonds is 3. The number of hydrogen-bond acceptors (Lipinski definition) is 3. The third-order valence-corrected chi connectivity index (χ3v) is 4.55. The third kappa shape index (κ3) is 3.69. The van der Waals surface area contributed by atoms with Crippen LogP contribution in [0.25, 0.3) is 0 Å². The molecule has 1 fully saturated rings. The number of nitrogens with one attached hydrogen (secondary N) is 1. The molecule has 0 saturated heterocycles. The molecule has 0 radical (unpaired) electrons. The predicted octanol–water partition coefficient (Wildman–Crippen LogP) is 2.59. The van der Waals surface area contributed by atoms with Crippen molar-refractivity contribution in [1.82, 2.24) is 9.97 Å². The average molecular weight is 277 g/mol. The van der Waals surface area contributed by atoms with Gasteiger partial charge in [0.05, 0.1) is 0 Å². The molecule has 2 rings (SSSR count). The first kappa shape index (κ1) is 15.2. The first-order chi connectivity index (χ1) is 9.40. The van der Waals surface area contributed by atoms with E-state index >= 15 is 0 Å². The number of aromatic amines is 1. The molecule has 4 heteroatoms. The van der Waals surface area contributed by atoms with Gasteiger partial charge in [-0.1, -0.05) is 20.8 Å². The third-order valence-electron chi connectivity index (χ3n) is 4.55. The molecule has 0 unspecified atom stereocenters. The fraction of sp³-hybridized carbons (Fsp3) is 0.750. The van der Waals surface area contributed by atoms with Crippen molar-refractivity contribution in [3.8, 4) is 0 Å². The zero-order chi connectivity index (χ0) is 14.8. The van der Waals surface area contributed by atoms with Gasteiger partial charge in [0.1, 0.15) is 5.82 Å². The zero-order valence-corrected chi connectivity index (χ0v) is 12.9. The first-order valence-corrected chi connectivity index (χ1v) is 7.70. The van der Waals surface area contributed by atoms with Crippen molar-refractivity contribution in [1.29, 1.82) is 0 Å². The molecule has 0 aromatic carbocycles. The maximum atomic E-state index is 11.7. The maximum absolute atomic E-state index is 11.7. The van der Waals surface area contributed by atoms with E-state index in [1.165, 1.54) is 12.8 Å². The normalized spacial score (nSPS) is 23.8. The van der Waals surface area contributed by atoms with Gasteiger partial charge in [-0.15, -0.1) is 0 Å². The van der Waals surface area contributed by atoms with E-state index in [0.717, 1.165) is 30.3 Å². The van der Waals surface area contributed by atoms with E-state index in [2.05, 4.69) is 30.7 Å². The number of hydrogen-bond donors (Lipinski definition) is 2. The topological polar surface area (TPSA) is 71.8 Å². The molecule has 1 aromatic rings. The van der Waals surface area contributed by atoms with Crippen molar-refractivity contribution >= 4 is 0 Å². The van der Waals surface area contributed by atoms with E-state index in [4.69, 9.17) is 5.73 Å². The molecule has 1 aromatic heterocycles. The van der Waals surface area contributed by atoms with Crippen LogP contribution in [0.1, 0.15) is 63.9 Å². The van der Waals surface area contributed by atoms with Crippen LogP contribution in [0.15, 0.2) is 10.9 Å². The van der Waals surface area contributed by atoms with E-state index in [-0.39, 0.29) is 5.56 Å². The fourth-order valence-electron chi connectivity index (χ4n) is 3.23. The summed E-state index contributed by atoms with van der Waals surface area (Å²) in [4.78, 5) is 19.2. The summed E-state index contributed by atoms with van der Waals surface area (Å²) in [5.41, 5.74) is 6.71. The first-order valence-electron chi connectivity index (χ1n) is 7.70. The summed E-state index contributed by atoms with van der Waals surface area (Å²) in [6, 6.07) is 1.57. The van der Waals surface area contributed by atoms with Crippen LogP contribution in [0.5, 0.6) is 0 Å². The molecule has 0 bridgehead atoms. The van der Waals surface area contributed by atoms with Crippen LogP contribution in [0, 0.1) is 11.3 Å². The number of nitrogens with zero attached hydrogens (tertiary/aromatic N) is 1. The van der Waals surface area contributed by atoms with Crippen molar-refractivity contribution in [2.75, 3.05) is 6.54 Å². The molecule has 3 N–H and O–H groups in total. The summed E-state index contributed by atoms with van der Waals surface area (Å²) in [5, 5.41) is 0. The molecule has 20 heavy (non-hydrogen) atoms. The smallest absolute Gasteiger partial charge is 0.251 e. The van der Waals surface area contributed by atoms with E-state index in [0.29, 0.717) is 24.3 Å². The van der Waals surface area contributed by atoms with Gasteiger partial charge >= 0.3 is 0 Å². The van der Waals surface area contributed by atoms with Gasteiger partial charge in [0.25, 0.3) is 5.56 Å². The van der Waals surface area contributed by atoms with Gasteiger partial charge in [-0.05, 0) is 43.6 Å². The summed E-state index contributed by atoms with van der Waals surface area (Å²) in [5.74, 6) is 2.05. The largest absolute Gasteiger partial charge is 0.330 e. The highest BCUT2D eigenvalue weighted by Gasteiger charge is 2.31. The van der Waals surface area contributed by atoms with Crippen LogP contribution in [0.4, 0.5) is 0 Å². The summed E-state index contributed by atoms with van der Waals surface area (Å²) in [7, 11) is 0.